The third-order valence-corrected chi connectivity index (χ3v) is 2.93. The largest absolute Gasteiger partial charge is 0.481 e. The molecule has 1 saturated carbocycles. The topological polar surface area (TPSA) is 46.5 Å². The van der Waals surface area contributed by atoms with E-state index in [1.54, 1.807) is 0 Å². The van der Waals surface area contributed by atoms with Crippen LogP contribution in [0, 0.1) is 5.92 Å². The van der Waals surface area contributed by atoms with E-state index in [2.05, 4.69) is 0 Å². The van der Waals surface area contributed by atoms with Crippen LogP contribution in [0.2, 0.25) is 0 Å². The van der Waals surface area contributed by atoms with Gasteiger partial charge in [0.05, 0.1) is 11.5 Å². The lowest BCUT2D eigenvalue weighted by atomic mass is 9.76. The fourth-order valence-corrected chi connectivity index (χ4v) is 2.19. The highest BCUT2D eigenvalue weighted by molar-refractivity contribution is 5.71. The molecule has 3 nitrogen and oxygen atoms in total. The van der Waals surface area contributed by atoms with Crippen molar-refractivity contribution in [2.75, 3.05) is 6.61 Å². The number of ether oxygens (including phenoxy) is 1. The number of carboxylic acids is 1. The summed E-state index contributed by atoms with van der Waals surface area (Å²) in [6.07, 6.45) is 3.73. The van der Waals surface area contributed by atoms with E-state index in [9.17, 15) is 4.79 Å². The molecule has 0 bridgehead atoms. The molecular formula is C10H18O3. The minimum Gasteiger partial charge on any atom is -0.481 e. The number of carbonyl (C=O) groups is 1. The van der Waals surface area contributed by atoms with E-state index in [1.807, 2.05) is 13.8 Å². The molecule has 0 saturated heterocycles. The number of carboxylic acid groups (broad SMARTS) is 1. The van der Waals surface area contributed by atoms with Crippen LogP contribution >= 0.6 is 0 Å². The van der Waals surface area contributed by atoms with Gasteiger partial charge in [-0.05, 0) is 26.7 Å². The quantitative estimate of drug-likeness (QED) is 0.733. The monoisotopic (exact) mass is 186 g/mol. The Morgan fingerprint density at radius 1 is 1.62 bits per heavy atom. The van der Waals surface area contributed by atoms with Crippen LogP contribution in [0.15, 0.2) is 0 Å². The predicted molar refractivity (Wildman–Crippen MR) is 49.6 cm³/mol. The summed E-state index contributed by atoms with van der Waals surface area (Å²) in [5.41, 5.74) is -0.432. The smallest absolute Gasteiger partial charge is 0.309 e. The van der Waals surface area contributed by atoms with Crippen molar-refractivity contribution >= 4 is 5.97 Å². The van der Waals surface area contributed by atoms with E-state index in [-0.39, 0.29) is 5.92 Å². The lowest BCUT2D eigenvalue weighted by molar-refractivity contribution is -0.160. The Hall–Kier alpha value is -0.570. The summed E-state index contributed by atoms with van der Waals surface area (Å²) >= 11 is 0. The summed E-state index contributed by atoms with van der Waals surface area (Å²) in [4.78, 5) is 11.0. The fourth-order valence-electron chi connectivity index (χ4n) is 2.19. The second-order valence-corrected chi connectivity index (χ2v) is 3.88. The van der Waals surface area contributed by atoms with Crippen molar-refractivity contribution in [3.8, 4) is 0 Å². The van der Waals surface area contributed by atoms with Gasteiger partial charge in [-0.1, -0.05) is 12.8 Å². The first-order valence-electron chi connectivity index (χ1n) is 4.97. The first kappa shape index (κ1) is 10.5. The Kier molecular flexibility index (Phi) is 3.31. The Balaban J connectivity index is 2.70. The first-order valence-corrected chi connectivity index (χ1v) is 4.97. The van der Waals surface area contributed by atoms with Crippen molar-refractivity contribution in [3.05, 3.63) is 0 Å². The zero-order valence-electron chi connectivity index (χ0n) is 8.38. The molecule has 0 aromatic carbocycles. The average Bonchev–Trinajstić information content (AvgIpc) is 2.04. The number of hydrogen-bond donors (Lipinski definition) is 1. The molecule has 0 aromatic heterocycles. The maximum atomic E-state index is 11.0. The molecule has 1 aliphatic rings. The maximum absolute atomic E-state index is 11.0. The van der Waals surface area contributed by atoms with Crippen molar-refractivity contribution < 1.29 is 14.6 Å². The van der Waals surface area contributed by atoms with E-state index < -0.39 is 11.6 Å². The first-order chi connectivity index (χ1) is 6.10. The van der Waals surface area contributed by atoms with Gasteiger partial charge in [0.15, 0.2) is 0 Å². The van der Waals surface area contributed by atoms with Crippen molar-refractivity contribution in [2.45, 2.75) is 45.1 Å². The third-order valence-electron chi connectivity index (χ3n) is 2.93. The summed E-state index contributed by atoms with van der Waals surface area (Å²) in [6.45, 7) is 4.44. The highest BCUT2D eigenvalue weighted by atomic mass is 16.5. The van der Waals surface area contributed by atoms with Crippen LogP contribution in [0.5, 0.6) is 0 Å². The van der Waals surface area contributed by atoms with Gasteiger partial charge in [0.2, 0.25) is 0 Å². The molecule has 0 aliphatic heterocycles. The average molecular weight is 186 g/mol. The van der Waals surface area contributed by atoms with E-state index in [1.165, 1.54) is 0 Å². The minimum absolute atomic E-state index is 0.318. The maximum Gasteiger partial charge on any atom is 0.309 e. The molecule has 3 heteroatoms. The molecule has 0 amide bonds. The summed E-state index contributed by atoms with van der Waals surface area (Å²) in [6, 6.07) is 0. The number of rotatable bonds is 3. The lowest BCUT2D eigenvalue weighted by Crippen LogP contribution is -2.44. The van der Waals surface area contributed by atoms with Crippen LogP contribution in [0.25, 0.3) is 0 Å². The Morgan fingerprint density at radius 3 is 2.85 bits per heavy atom. The fraction of sp³-hybridized carbons (Fsp3) is 0.900. The highest BCUT2D eigenvalue weighted by Crippen LogP contribution is 2.36. The Bertz CT molecular complexity index is 187. The zero-order chi connectivity index (χ0) is 9.90. The van der Waals surface area contributed by atoms with Crippen molar-refractivity contribution in [1.29, 1.82) is 0 Å². The standard InChI is InChI=1S/C10H18O3/c1-3-13-10(2)7-5-4-6-8(10)9(11)12/h8H,3-7H2,1-2H3,(H,11,12). The molecule has 76 valence electrons. The van der Waals surface area contributed by atoms with Crippen LogP contribution < -0.4 is 0 Å². The van der Waals surface area contributed by atoms with Gasteiger partial charge >= 0.3 is 5.97 Å². The molecule has 1 N–H and O–H groups in total. The summed E-state index contributed by atoms with van der Waals surface area (Å²) in [5.74, 6) is -1.03. The molecule has 1 aliphatic carbocycles. The van der Waals surface area contributed by atoms with Gasteiger partial charge in [0.1, 0.15) is 0 Å². The van der Waals surface area contributed by atoms with E-state index in [4.69, 9.17) is 9.84 Å². The van der Waals surface area contributed by atoms with Crippen molar-refractivity contribution in [2.24, 2.45) is 5.92 Å². The normalized spacial score (nSPS) is 34.5. The van der Waals surface area contributed by atoms with Gasteiger partial charge in [-0.3, -0.25) is 4.79 Å². The number of hydrogen-bond acceptors (Lipinski definition) is 2. The van der Waals surface area contributed by atoms with E-state index >= 15 is 0 Å². The highest BCUT2D eigenvalue weighted by Gasteiger charge is 2.41. The van der Waals surface area contributed by atoms with Gasteiger partial charge in [-0.15, -0.1) is 0 Å². The van der Waals surface area contributed by atoms with E-state index in [0.717, 1.165) is 25.7 Å². The molecule has 2 unspecified atom stereocenters. The summed E-state index contributed by atoms with van der Waals surface area (Å²) < 4.78 is 5.56. The third kappa shape index (κ3) is 2.21. The number of aliphatic carboxylic acids is 1. The Labute approximate surface area is 79.1 Å². The molecule has 1 rings (SSSR count). The molecule has 0 heterocycles. The van der Waals surface area contributed by atoms with Crippen LogP contribution in [-0.4, -0.2) is 23.3 Å². The van der Waals surface area contributed by atoms with Crippen LogP contribution in [-0.2, 0) is 9.53 Å². The van der Waals surface area contributed by atoms with Gasteiger partial charge in [0, 0.05) is 6.61 Å². The molecule has 2 atom stereocenters. The van der Waals surface area contributed by atoms with Crippen molar-refractivity contribution in [3.63, 3.8) is 0 Å². The molecule has 0 aromatic rings. The van der Waals surface area contributed by atoms with Gasteiger partial charge < -0.3 is 9.84 Å². The second kappa shape index (κ2) is 4.09. The van der Waals surface area contributed by atoms with Crippen LogP contribution in [0.4, 0.5) is 0 Å². The van der Waals surface area contributed by atoms with Gasteiger partial charge in [-0.25, -0.2) is 0 Å². The Morgan fingerprint density at radius 2 is 2.31 bits per heavy atom. The molecular weight excluding hydrogens is 168 g/mol. The second-order valence-electron chi connectivity index (χ2n) is 3.88. The summed E-state index contributed by atoms with van der Waals surface area (Å²) in [7, 11) is 0. The molecule has 13 heavy (non-hydrogen) atoms. The minimum atomic E-state index is -0.712. The molecule has 0 radical (unpaired) electrons. The van der Waals surface area contributed by atoms with Gasteiger partial charge in [0.25, 0.3) is 0 Å². The predicted octanol–water partition coefficient (Wildman–Crippen LogP) is 2.06. The van der Waals surface area contributed by atoms with Crippen LogP contribution in [0.1, 0.15) is 39.5 Å². The molecule has 1 fully saturated rings. The van der Waals surface area contributed by atoms with Gasteiger partial charge in [-0.2, -0.15) is 0 Å². The van der Waals surface area contributed by atoms with Crippen LogP contribution in [0.3, 0.4) is 0 Å². The molecule has 0 spiro atoms. The zero-order valence-corrected chi connectivity index (χ0v) is 8.38. The van der Waals surface area contributed by atoms with Crippen molar-refractivity contribution in [1.82, 2.24) is 0 Å². The summed E-state index contributed by atoms with van der Waals surface area (Å²) in [5, 5.41) is 9.02. The lowest BCUT2D eigenvalue weighted by Gasteiger charge is -2.38. The SMILES string of the molecule is CCOC1(C)CCCCC1C(=O)O. The van der Waals surface area contributed by atoms with E-state index in [0.29, 0.717) is 6.61 Å².